The summed E-state index contributed by atoms with van der Waals surface area (Å²) in [6.45, 7) is 2.66. The van der Waals surface area contributed by atoms with Crippen LogP contribution < -0.4 is 5.56 Å². The maximum Gasteiger partial charge on any atom is 0.255 e. The molecular formula is C18H20FN3O4S. The van der Waals surface area contributed by atoms with Gasteiger partial charge in [-0.05, 0) is 37.3 Å². The molecule has 27 heavy (non-hydrogen) atoms. The molecule has 144 valence electrons. The number of hydrogen-bond acceptors (Lipinski definition) is 4. The van der Waals surface area contributed by atoms with Crippen LogP contribution in [0, 0.1) is 5.82 Å². The summed E-state index contributed by atoms with van der Waals surface area (Å²) in [4.78, 5) is 26.4. The maximum atomic E-state index is 13.1. The van der Waals surface area contributed by atoms with Crippen LogP contribution in [0.15, 0.2) is 47.4 Å². The summed E-state index contributed by atoms with van der Waals surface area (Å²) in [5.41, 5.74) is 0.428. The molecule has 0 radical (unpaired) electrons. The van der Waals surface area contributed by atoms with Gasteiger partial charge in [0.1, 0.15) is 5.82 Å². The van der Waals surface area contributed by atoms with Gasteiger partial charge in [-0.1, -0.05) is 0 Å². The highest BCUT2D eigenvalue weighted by Gasteiger charge is 2.28. The number of nitrogens with zero attached hydrogens (tertiary/aromatic N) is 3. The molecule has 1 aliphatic rings. The number of amides is 1. The van der Waals surface area contributed by atoms with Crippen LogP contribution >= 0.6 is 0 Å². The molecule has 9 heteroatoms. The minimum Gasteiger partial charge on any atom is -0.336 e. The van der Waals surface area contributed by atoms with E-state index < -0.39 is 15.8 Å². The summed E-state index contributed by atoms with van der Waals surface area (Å²) < 4.78 is 39.6. The normalized spacial score (nSPS) is 15.7. The molecule has 3 rings (SSSR count). The van der Waals surface area contributed by atoms with Crippen molar-refractivity contribution in [2.75, 3.05) is 31.9 Å². The zero-order valence-corrected chi connectivity index (χ0v) is 15.7. The van der Waals surface area contributed by atoms with Gasteiger partial charge >= 0.3 is 0 Å². The lowest BCUT2D eigenvalue weighted by molar-refractivity contribution is 0.0697. The lowest BCUT2D eigenvalue weighted by atomic mass is 10.2. The van der Waals surface area contributed by atoms with E-state index in [9.17, 15) is 22.4 Å². The summed E-state index contributed by atoms with van der Waals surface area (Å²) in [6.07, 6.45) is 1.42. The Morgan fingerprint density at radius 1 is 1.04 bits per heavy atom. The Hall–Kier alpha value is -2.52. The summed E-state index contributed by atoms with van der Waals surface area (Å²) >= 11 is 0. The average Bonchev–Trinajstić information content (AvgIpc) is 2.69. The van der Waals surface area contributed by atoms with Gasteiger partial charge in [0.25, 0.3) is 11.5 Å². The number of halogens is 1. The Bertz CT molecular complexity index is 994. The monoisotopic (exact) mass is 393 g/mol. The summed E-state index contributed by atoms with van der Waals surface area (Å²) in [7, 11) is -3.27. The average molecular weight is 393 g/mol. The maximum absolute atomic E-state index is 13.1. The Morgan fingerprint density at radius 3 is 2.26 bits per heavy atom. The Morgan fingerprint density at radius 2 is 1.67 bits per heavy atom. The number of carbonyl (C=O) groups is 1. The van der Waals surface area contributed by atoms with E-state index in [2.05, 4.69) is 0 Å². The SMILES string of the molecule is CCS(=O)(=O)N1CCN(C(=O)c2ccc(=O)n(-c3ccc(F)cc3)c2)CC1. The van der Waals surface area contributed by atoms with Gasteiger partial charge in [-0.2, -0.15) is 4.31 Å². The smallest absolute Gasteiger partial charge is 0.255 e. The second-order valence-electron chi connectivity index (χ2n) is 6.19. The lowest BCUT2D eigenvalue weighted by Gasteiger charge is -2.33. The predicted molar refractivity (Wildman–Crippen MR) is 98.9 cm³/mol. The first-order chi connectivity index (χ1) is 12.8. The van der Waals surface area contributed by atoms with Crippen LogP contribution in [0.4, 0.5) is 4.39 Å². The zero-order valence-electron chi connectivity index (χ0n) is 14.8. The van der Waals surface area contributed by atoms with Crippen LogP contribution in [0.25, 0.3) is 5.69 Å². The molecule has 0 N–H and O–H groups in total. The van der Waals surface area contributed by atoms with E-state index in [-0.39, 0.29) is 43.4 Å². The van der Waals surface area contributed by atoms with Crippen LogP contribution in [0.3, 0.4) is 0 Å². The van der Waals surface area contributed by atoms with Gasteiger partial charge in [0.2, 0.25) is 10.0 Å². The van der Waals surface area contributed by atoms with Crippen molar-refractivity contribution in [2.45, 2.75) is 6.92 Å². The fourth-order valence-corrected chi connectivity index (χ4v) is 4.04. The van der Waals surface area contributed by atoms with Gasteiger partial charge in [-0.3, -0.25) is 14.2 Å². The summed E-state index contributed by atoms with van der Waals surface area (Å²) in [5.74, 6) is -0.665. The largest absolute Gasteiger partial charge is 0.336 e. The third-order valence-electron chi connectivity index (χ3n) is 4.55. The molecule has 0 unspecified atom stereocenters. The van der Waals surface area contributed by atoms with Crippen molar-refractivity contribution in [1.29, 1.82) is 0 Å². The molecule has 2 aromatic rings. The number of pyridine rings is 1. The van der Waals surface area contributed by atoms with Crippen LogP contribution in [0.1, 0.15) is 17.3 Å². The Labute approximate surface area is 156 Å². The van der Waals surface area contributed by atoms with Crippen LogP contribution in [0.5, 0.6) is 0 Å². The minimum atomic E-state index is -3.27. The van der Waals surface area contributed by atoms with E-state index in [1.165, 1.54) is 51.5 Å². The molecule has 7 nitrogen and oxygen atoms in total. The second kappa shape index (κ2) is 7.61. The van der Waals surface area contributed by atoms with Gasteiger partial charge in [0.05, 0.1) is 11.3 Å². The highest BCUT2D eigenvalue weighted by atomic mass is 32.2. The molecule has 0 bridgehead atoms. The number of hydrogen-bond donors (Lipinski definition) is 0. The van der Waals surface area contributed by atoms with E-state index in [0.29, 0.717) is 11.3 Å². The molecule has 1 amide bonds. The van der Waals surface area contributed by atoms with Crippen LogP contribution in [-0.2, 0) is 10.0 Å². The highest BCUT2D eigenvalue weighted by Crippen LogP contribution is 2.13. The number of aromatic nitrogens is 1. The minimum absolute atomic E-state index is 0.0313. The van der Waals surface area contributed by atoms with Gasteiger partial charge in [0.15, 0.2) is 0 Å². The van der Waals surface area contributed by atoms with E-state index in [1.54, 1.807) is 11.8 Å². The van der Waals surface area contributed by atoms with Crippen molar-refractivity contribution in [1.82, 2.24) is 13.8 Å². The quantitative estimate of drug-likeness (QED) is 0.779. The zero-order chi connectivity index (χ0) is 19.6. The van der Waals surface area contributed by atoms with E-state index in [1.807, 2.05) is 0 Å². The molecule has 1 aliphatic heterocycles. The number of rotatable bonds is 4. The van der Waals surface area contributed by atoms with Crippen molar-refractivity contribution in [3.8, 4) is 5.69 Å². The van der Waals surface area contributed by atoms with Crippen molar-refractivity contribution in [3.05, 3.63) is 64.3 Å². The Balaban J connectivity index is 1.79. The molecule has 1 aromatic heterocycles. The van der Waals surface area contributed by atoms with Gasteiger partial charge in [-0.25, -0.2) is 12.8 Å². The lowest BCUT2D eigenvalue weighted by Crippen LogP contribution is -2.51. The predicted octanol–water partition coefficient (Wildman–Crippen LogP) is 1.08. The standard InChI is InChI=1S/C18H20FN3O4S/c1-2-27(25,26)21-11-9-20(10-12-21)18(24)14-3-8-17(23)22(13-14)16-6-4-15(19)5-7-16/h3-8,13H,2,9-12H2,1H3. The molecular weight excluding hydrogens is 373 g/mol. The van der Waals surface area contributed by atoms with Crippen LogP contribution in [0.2, 0.25) is 0 Å². The fourth-order valence-electron chi connectivity index (χ4n) is 2.95. The van der Waals surface area contributed by atoms with Crippen molar-refractivity contribution >= 4 is 15.9 Å². The molecule has 0 aliphatic carbocycles. The van der Waals surface area contributed by atoms with Gasteiger partial charge in [0, 0.05) is 44.1 Å². The second-order valence-corrected chi connectivity index (χ2v) is 8.45. The molecule has 1 fully saturated rings. The first-order valence-corrected chi connectivity index (χ1v) is 10.2. The summed E-state index contributed by atoms with van der Waals surface area (Å²) in [5, 5.41) is 0. The first-order valence-electron chi connectivity index (χ1n) is 8.57. The highest BCUT2D eigenvalue weighted by molar-refractivity contribution is 7.89. The van der Waals surface area contributed by atoms with E-state index >= 15 is 0 Å². The number of sulfonamides is 1. The molecule has 1 aromatic carbocycles. The van der Waals surface area contributed by atoms with Gasteiger partial charge in [-0.15, -0.1) is 0 Å². The molecule has 1 saturated heterocycles. The molecule has 0 saturated carbocycles. The van der Waals surface area contributed by atoms with Gasteiger partial charge < -0.3 is 4.90 Å². The number of piperazine rings is 1. The summed E-state index contributed by atoms with van der Waals surface area (Å²) in [6, 6.07) is 8.13. The number of carbonyl (C=O) groups excluding carboxylic acids is 1. The van der Waals surface area contributed by atoms with Crippen molar-refractivity contribution in [3.63, 3.8) is 0 Å². The van der Waals surface area contributed by atoms with E-state index in [0.717, 1.165) is 0 Å². The molecule has 0 spiro atoms. The Kier molecular flexibility index (Phi) is 5.43. The first kappa shape index (κ1) is 19.2. The third kappa shape index (κ3) is 4.09. The number of benzene rings is 1. The van der Waals surface area contributed by atoms with Crippen molar-refractivity contribution < 1.29 is 17.6 Å². The van der Waals surface area contributed by atoms with Crippen LogP contribution in [-0.4, -0.2) is 60.0 Å². The van der Waals surface area contributed by atoms with Crippen molar-refractivity contribution in [2.24, 2.45) is 0 Å². The molecule has 2 heterocycles. The van der Waals surface area contributed by atoms with E-state index in [4.69, 9.17) is 0 Å². The third-order valence-corrected chi connectivity index (χ3v) is 6.43. The fraction of sp³-hybridized carbons (Fsp3) is 0.333. The molecule has 0 atom stereocenters. The topological polar surface area (TPSA) is 79.7 Å².